The maximum Gasteiger partial charge on any atom is 0.261 e. The highest BCUT2D eigenvalue weighted by Crippen LogP contribution is 2.10. The normalized spacial score (nSPS) is 10.8. The van der Waals surface area contributed by atoms with E-state index in [1.807, 2.05) is 27.7 Å². The summed E-state index contributed by atoms with van der Waals surface area (Å²) in [6, 6.07) is 3.34. The maximum absolute atomic E-state index is 11.8. The number of rotatable bonds is 1. The first-order chi connectivity index (χ1) is 9.99. The first-order valence-corrected chi connectivity index (χ1v) is 8.28. The lowest BCUT2D eigenvalue weighted by Gasteiger charge is -2.10. The van der Waals surface area contributed by atoms with E-state index in [9.17, 15) is 13.2 Å². The number of hydrogen-bond acceptors (Lipinski definition) is 5. The SMILES string of the molecule is CS(=O)(=O)O.Cc1ccc(=O)n(-c2nc(C)c(C)nc2C)c1. The molecule has 7 nitrogen and oxygen atoms in total. The van der Waals surface area contributed by atoms with E-state index in [1.165, 1.54) is 0 Å². The van der Waals surface area contributed by atoms with Crippen molar-refractivity contribution in [1.29, 1.82) is 0 Å². The Morgan fingerprint density at radius 1 is 1.00 bits per heavy atom. The molecule has 0 fully saturated rings. The van der Waals surface area contributed by atoms with E-state index in [-0.39, 0.29) is 5.56 Å². The minimum absolute atomic E-state index is 0.0868. The van der Waals surface area contributed by atoms with Gasteiger partial charge >= 0.3 is 0 Å². The van der Waals surface area contributed by atoms with Gasteiger partial charge in [-0.15, -0.1) is 0 Å². The van der Waals surface area contributed by atoms with Crippen LogP contribution in [0.5, 0.6) is 0 Å². The van der Waals surface area contributed by atoms with Gasteiger partial charge in [-0.05, 0) is 33.3 Å². The molecule has 0 aliphatic carbocycles. The summed E-state index contributed by atoms with van der Waals surface area (Å²) >= 11 is 0. The van der Waals surface area contributed by atoms with Crippen molar-refractivity contribution in [3.8, 4) is 5.82 Å². The minimum atomic E-state index is -3.67. The Bertz CT molecular complexity index is 834. The van der Waals surface area contributed by atoms with Crippen LogP contribution in [0.25, 0.3) is 5.82 Å². The molecule has 0 aromatic carbocycles. The van der Waals surface area contributed by atoms with Crippen LogP contribution in [0.15, 0.2) is 23.1 Å². The quantitative estimate of drug-likeness (QED) is 0.794. The van der Waals surface area contributed by atoms with Gasteiger partial charge in [0.25, 0.3) is 15.7 Å². The van der Waals surface area contributed by atoms with E-state index in [1.54, 1.807) is 22.9 Å². The van der Waals surface area contributed by atoms with Crippen molar-refractivity contribution in [2.24, 2.45) is 0 Å². The molecule has 0 aliphatic rings. The predicted octanol–water partition coefficient (Wildman–Crippen LogP) is 1.37. The van der Waals surface area contributed by atoms with Gasteiger partial charge in [0.2, 0.25) is 0 Å². The zero-order valence-corrected chi connectivity index (χ0v) is 14.0. The van der Waals surface area contributed by atoms with Gasteiger partial charge in [0, 0.05) is 12.3 Å². The van der Waals surface area contributed by atoms with Crippen LogP contribution in [0, 0.1) is 27.7 Å². The van der Waals surface area contributed by atoms with Crippen LogP contribution < -0.4 is 5.56 Å². The van der Waals surface area contributed by atoms with Gasteiger partial charge in [0.15, 0.2) is 5.82 Å². The first kappa shape index (κ1) is 18.0. The molecule has 2 rings (SSSR count). The molecule has 0 atom stereocenters. The van der Waals surface area contributed by atoms with E-state index in [0.29, 0.717) is 12.1 Å². The lowest BCUT2D eigenvalue weighted by Crippen LogP contribution is -2.20. The summed E-state index contributed by atoms with van der Waals surface area (Å²) < 4.78 is 27.4. The molecule has 2 heterocycles. The fourth-order valence-corrected chi connectivity index (χ4v) is 1.69. The highest BCUT2D eigenvalue weighted by atomic mass is 32.2. The number of pyridine rings is 1. The molecule has 2 aromatic rings. The molecular weight excluding hydrogens is 306 g/mol. The molecule has 0 spiro atoms. The topological polar surface area (TPSA) is 102 Å². The summed E-state index contributed by atoms with van der Waals surface area (Å²) in [7, 11) is -3.67. The van der Waals surface area contributed by atoms with E-state index in [2.05, 4.69) is 9.97 Å². The van der Waals surface area contributed by atoms with Gasteiger partial charge < -0.3 is 0 Å². The molecule has 0 amide bonds. The van der Waals surface area contributed by atoms with Gasteiger partial charge in [-0.25, -0.2) is 4.98 Å². The van der Waals surface area contributed by atoms with Gasteiger partial charge in [0.1, 0.15) is 0 Å². The van der Waals surface area contributed by atoms with Crippen LogP contribution in [0.2, 0.25) is 0 Å². The summed E-state index contributed by atoms with van der Waals surface area (Å²) in [5, 5.41) is 0. The molecule has 0 bridgehead atoms. The van der Waals surface area contributed by atoms with Crippen molar-refractivity contribution in [2.75, 3.05) is 6.26 Å². The summed E-state index contributed by atoms with van der Waals surface area (Å²) in [5.74, 6) is 0.613. The minimum Gasteiger partial charge on any atom is -0.286 e. The van der Waals surface area contributed by atoms with Crippen molar-refractivity contribution in [3.63, 3.8) is 0 Å². The smallest absolute Gasteiger partial charge is 0.261 e. The summed E-state index contributed by atoms with van der Waals surface area (Å²) in [6.07, 6.45) is 2.50. The average Bonchev–Trinajstić information content (AvgIpc) is 2.35. The third-order valence-electron chi connectivity index (χ3n) is 2.74. The second-order valence-corrected chi connectivity index (χ2v) is 6.42. The van der Waals surface area contributed by atoms with Crippen LogP contribution >= 0.6 is 0 Å². The Balaban J connectivity index is 0.000000422. The van der Waals surface area contributed by atoms with Crippen LogP contribution in [0.3, 0.4) is 0 Å². The third kappa shape index (κ3) is 5.38. The number of aromatic nitrogens is 3. The Labute approximate surface area is 129 Å². The van der Waals surface area contributed by atoms with Gasteiger partial charge in [-0.3, -0.25) is 18.9 Å². The highest BCUT2D eigenvalue weighted by molar-refractivity contribution is 7.85. The zero-order chi connectivity index (χ0) is 17.1. The van der Waals surface area contributed by atoms with E-state index < -0.39 is 10.1 Å². The van der Waals surface area contributed by atoms with Crippen molar-refractivity contribution < 1.29 is 13.0 Å². The maximum atomic E-state index is 11.8. The molecule has 2 aromatic heterocycles. The van der Waals surface area contributed by atoms with Gasteiger partial charge in [0.05, 0.1) is 23.3 Å². The lowest BCUT2D eigenvalue weighted by atomic mass is 10.3. The highest BCUT2D eigenvalue weighted by Gasteiger charge is 2.08. The molecule has 0 saturated carbocycles. The number of aryl methyl sites for hydroxylation is 4. The third-order valence-corrected chi connectivity index (χ3v) is 2.74. The summed E-state index contributed by atoms with van der Waals surface area (Å²) in [5.41, 5.74) is 3.44. The standard InChI is InChI=1S/C13H15N3O.CH4O3S/c1-8-5-6-12(17)16(7-8)13-11(4)14-9(2)10(3)15-13;1-5(2,3)4/h5-7H,1-4H3;1H3,(H,2,3,4). The van der Waals surface area contributed by atoms with Crippen LogP contribution in [-0.2, 0) is 10.1 Å². The second-order valence-electron chi connectivity index (χ2n) is 4.95. The molecule has 0 saturated heterocycles. The average molecular weight is 325 g/mol. The monoisotopic (exact) mass is 325 g/mol. The van der Waals surface area contributed by atoms with Crippen LogP contribution in [0.4, 0.5) is 0 Å². The fraction of sp³-hybridized carbons (Fsp3) is 0.357. The van der Waals surface area contributed by atoms with Crippen LogP contribution in [0.1, 0.15) is 22.6 Å². The Hall–Kier alpha value is -2.06. The lowest BCUT2D eigenvalue weighted by molar-refractivity contribution is 0.490. The van der Waals surface area contributed by atoms with E-state index in [0.717, 1.165) is 22.6 Å². The Morgan fingerprint density at radius 2 is 1.50 bits per heavy atom. The molecule has 0 unspecified atom stereocenters. The van der Waals surface area contributed by atoms with Gasteiger partial charge in [-0.1, -0.05) is 6.07 Å². The molecule has 1 N–H and O–H groups in total. The number of hydrogen-bond donors (Lipinski definition) is 1. The summed E-state index contributed by atoms with van der Waals surface area (Å²) in [4.78, 5) is 20.7. The number of nitrogens with zero attached hydrogens (tertiary/aromatic N) is 3. The first-order valence-electron chi connectivity index (χ1n) is 6.43. The van der Waals surface area contributed by atoms with Crippen molar-refractivity contribution in [1.82, 2.24) is 14.5 Å². The molecular formula is C14H19N3O4S. The Morgan fingerprint density at radius 3 is 2.05 bits per heavy atom. The summed E-state index contributed by atoms with van der Waals surface area (Å²) in [6.45, 7) is 7.62. The fourth-order valence-electron chi connectivity index (χ4n) is 1.69. The molecule has 0 radical (unpaired) electrons. The molecule has 8 heteroatoms. The Kier molecular flexibility index (Phi) is 5.56. The largest absolute Gasteiger partial charge is 0.286 e. The molecule has 120 valence electrons. The van der Waals surface area contributed by atoms with Crippen molar-refractivity contribution in [3.05, 3.63) is 51.3 Å². The van der Waals surface area contributed by atoms with Crippen LogP contribution in [-0.4, -0.2) is 33.8 Å². The van der Waals surface area contributed by atoms with Crippen molar-refractivity contribution >= 4 is 10.1 Å². The predicted molar refractivity (Wildman–Crippen MR) is 84.0 cm³/mol. The van der Waals surface area contributed by atoms with E-state index >= 15 is 0 Å². The van der Waals surface area contributed by atoms with Crippen molar-refractivity contribution in [2.45, 2.75) is 27.7 Å². The molecule has 0 aliphatic heterocycles. The zero-order valence-electron chi connectivity index (χ0n) is 13.2. The van der Waals surface area contributed by atoms with E-state index in [4.69, 9.17) is 4.55 Å². The second kappa shape index (κ2) is 6.80. The molecule has 22 heavy (non-hydrogen) atoms. The van der Waals surface area contributed by atoms with Gasteiger partial charge in [-0.2, -0.15) is 8.42 Å².